The molecule has 2 rings (SSSR count). The first kappa shape index (κ1) is 13.8. The van der Waals surface area contributed by atoms with Crippen LogP contribution in [0.25, 0.3) is 11.1 Å². The second-order valence-corrected chi connectivity index (χ2v) is 4.62. The van der Waals surface area contributed by atoms with E-state index in [1.807, 2.05) is 0 Å². The normalized spacial score (nSPS) is 10.8. The van der Waals surface area contributed by atoms with Crippen LogP contribution in [0.1, 0.15) is 6.42 Å². The van der Waals surface area contributed by atoms with E-state index in [1.165, 1.54) is 0 Å². The highest BCUT2D eigenvalue weighted by Crippen LogP contribution is 2.24. The molecule has 0 unspecified atom stereocenters. The van der Waals surface area contributed by atoms with Gasteiger partial charge in [-0.25, -0.2) is 0 Å². The molecule has 0 aliphatic heterocycles. The van der Waals surface area contributed by atoms with E-state index in [0.29, 0.717) is 35.0 Å². The van der Waals surface area contributed by atoms with Gasteiger partial charge in [-0.3, -0.25) is 9.59 Å². The molecule has 0 saturated carbocycles. The van der Waals surface area contributed by atoms with Crippen LogP contribution in [0.5, 0.6) is 0 Å². The van der Waals surface area contributed by atoms with Gasteiger partial charge in [0.2, 0.25) is 10.9 Å². The van der Waals surface area contributed by atoms with Gasteiger partial charge in [-0.05, 0) is 24.1 Å². The predicted octanol–water partition coefficient (Wildman–Crippen LogP) is 2.05. The smallest absolute Gasteiger partial charge is 0.250 e. The van der Waals surface area contributed by atoms with E-state index in [9.17, 15) is 9.59 Å². The van der Waals surface area contributed by atoms with Gasteiger partial charge in [0, 0.05) is 25.3 Å². The van der Waals surface area contributed by atoms with Crippen molar-refractivity contribution in [3.8, 4) is 11.1 Å². The maximum Gasteiger partial charge on any atom is 0.250 e. The topological polar surface area (TPSA) is 55.4 Å². The van der Waals surface area contributed by atoms with Crippen LogP contribution in [-0.2, 0) is 4.74 Å². The molecule has 19 heavy (non-hydrogen) atoms. The molecule has 2 aromatic carbocycles. The summed E-state index contributed by atoms with van der Waals surface area (Å²) in [5, 5.41) is 3.59. The number of hydrogen-bond donors (Lipinski definition) is 1. The van der Waals surface area contributed by atoms with Gasteiger partial charge < -0.3 is 10.1 Å². The molecule has 0 saturated heterocycles. The Morgan fingerprint density at radius 1 is 1.16 bits per heavy atom. The van der Waals surface area contributed by atoms with Crippen LogP contribution in [0.2, 0.25) is 5.02 Å². The van der Waals surface area contributed by atoms with Gasteiger partial charge in [0.1, 0.15) is 0 Å². The Kier molecular flexibility index (Phi) is 4.35. The minimum Gasteiger partial charge on any atom is -0.385 e. The Labute approximate surface area is 115 Å². The van der Waals surface area contributed by atoms with Crippen molar-refractivity contribution >= 4 is 17.3 Å². The van der Waals surface area contributed by atoms with Crippen LogP contribution >= 0.6 is 11.6 Å². The molecule has 0 atom stereocenters. The van der Waals surface area contributed by atoms with Gasteiger partial charge in [0.25, 0.3) is 0 Å². The summed E-state index contributed by atoms with van der Waals surface area (Å²) in [6.45, 7) is 1.21. The van der Waals surface area contributed by atoms with Gasteiger partial charge >= 0.3 is 0 Å². The van der Waals surface area contributed by atoms with Crippen LogP contribution in [-0.4, -0.2) is 20.3 Å². The molecule has 0 radical (unpaired) electrons. The van der Waals surface area contributed by atoms with Crippen LogP contribution in [0.3, 0.4) is 0 Å². The van der Waals surface area contributed by atoms with Crippen LogP contribution in [0.15, 0.2) is 33.9 Å². The van der Waals surface area contributed by atoms with Crippen LogP contribution < -0.4 is 16.2 Å². The molecule has 0 fully saturated rings. The van der Waals surface area contributed by atoms with E-state index in [-0.39, 0.29) is 0 Å². The number of benzene rings is 1. The number of anilines is 1. The number of nitrogens with one attached hydrogen (secondary N) is 1. The standard InChI is InChI=1S/C14H14ClNO3/c1-19-8-2-7-16-12-11(13(17)14(12)18)9-3-5-10(15)6-4-9/h3-6,16H,2,7-8H2,1H3. The zero-order valence-corrected chi connectivity index (χ0v) is 11.3. The van der Waals surface area contributed by atoms with Gasteiger partial charge in [-0.2, -0.15) is 0 Å². The first-order chi connectivity index (χ1) is 9.15. The lowest BCUT2D eigenvalue weighted by Crippen LogP contribution is -2.36. The third kappa shape index (κ3) is 2.85. The summed E-state index contributed by atoms with van der Waals surface area (Å²) in [5.41, 5.74) is 0.643. The first-order valence-electron chi connectivity index (χ1n) is 5.97. The maximum absolute atomic E-state index is 11.6. The van der Waals surface area contributed by atoms with E-state index in [1.54, 1.807) is 31.4 Å². The Morgan fingerprint density at radius 3 is 2.47 bits per heavy atom. The average Bonchev–Trinajstić information content (AvgIpc) is 2.43. The van der Waals surface area contributed by atoms with E-state index in [0.717, 1.165) is 6.42 Å². The fraction of sp³-hybridized carbons (Fsp3) is 0.286. The Bertz CT molecular complexity index is 627. The third-order valence-electron chi connectivity index (χ3n) is 2.87. The number of ether oxygens (including phenoxy) is 1. The van der Waals surface area contributed by atoms with E-state index in [2.05, 4.69) is 5.32 Å². The maximum atomic E-state index is 11.6. The molecule has 0 aliphatic rings. The van der Waals surface area contributed by atoms with E-state index < -0.39 is 10.9 Å². The number of rotatable bonds is 6. The monoisotopic (exact) mass is 279 g/mol. The quantitative estimate of drug-likeness (QED) is 0.649. The van der Waals surface area contributed by atoms with Crippen molar-refractivity contribution in [2.45, 2.75) is 6.42 Å². The SMILES string of the molecule is COCCCNc1c(-c2ccc(Cl)cc2)c(=O)c1=O. The predicted molar refractivity (Wildman–Crippen MR) is 76.8 cm³/mol. The minimum absolute atomic E-state index is 0.392. The van der Waals surface area contributed by atoms with Gasteiger partial charge in [-0.15, -0.1) is 0 Å². The molecule has 2 aromatic rings. The summed E-state index contributed by atoms with van der Waals surface area (Å²) in [5.74, 6) is 0. The second-order valence-electron chi connectivity index (χ2n) is 4.19. The molecular weight excluding hydrogens is 266 g/mol. The number of methoxy groups -OCH3 is 1. The average molecular weight is 280 g/mol. The fourth-order valence-corrected chi connectivity index (χ4v) is 2.01. The first-order valence-corrected chi connectivity index (χ1v) is 6.35. The second kappa shape index (κ2) is 5.99. The summed E-state index contributed by atoms with van der Waals surface area (Å²) in [6, 6.07) is 6.86. The van der Waals surface area contributed by atoms with Crippen molar-refractivity contribution in [1.29, 1.82) is 0 Å². The van der Waals surface area contributed by atoms with Gasteiger partial charge in [-0.1, -0.05) is 23.7 Å². The van der Waals surface area contributed by atoms with Crippen molar-refractivity contribution in [3.63, 3.8) is 0 Å². The number of halogens is 1. The molecule has 0 aromatic heterocycles. The highest BCUT2D eigenvalue weighted by molar-refractivity contribution is 6.30. The summed E-state index contributed by atoms with van der Waals surface area (Å²) in [4.78, 5) is 23.2. The molecule has 0 aliphatic carbocycles. The summed E-state index contributed by atoms with van der Waals surface area (Å²) >= 11 is 5.80. The molecule has 0 spiro atoms. The largest absolute Gasteiger partial charge is 0.385 e. The highest BCUT2D eigenvalue weighted by Gasteiger charge is 2.21. The molecule has 0 bridgehead atoms. The van der Waals surface area contributed by atoms with E-state index >= 15 is 0 Å². The lowest BCUT2D eigenvalue weighted by atomic mass is 9.98. The summed E-state index contributed by atoms with van der Waals surface area (Å²) in [7, 11) is 1.62. The lowest BCUT2D eigenvalue weighted by molar-refractivity contribution is 0.198. The van der Waals surface area contributed by atoms with Gasteiger partial charge in [0.05, 0.1) is 11.3 Å². The molecule has 100 valence electrons. The fourth-order valence-electron chi connectivity index (χ4n) is 1.88. The highest BCUT2D eigenvalue weighted by atomic mass is 35.5. The minimum atomic E-state index is -0.456. The molecule has 0 heterocycles. The molecule has 4 nitrogen and oxygen atoms in total. The molecule has 1 N–H and O–H groups in total. The molecule has 5 heteroatoms. The van der Waals surface area contributed by atoms with Gasteiger partial charge in [0.15, 0.2) is 0 Å². The summed E-state index contributed by atoms with van der Waals surface area (Å²) < 4.78 is 4.93. The van der Waals surface area contributed by atoms with Crippen LogP contribution in [0.4, 0.5) is 5.69 Å². The zero-order valence-electron chi connectivity index (χ0n) is 10.5. The van der Waals surface area contributed by atoms with E-state index in [4.69, 9.17) is 16.3 Å². The Hall–Kier alpha value is -1.65. The van der Waals surface area contributed by atoms with Crippen molar-refractivity contribution in [1.82, 2.24) is 0 Å². The van der Waals surface area contributed by atoms with Crippen molar-refractivity contribution in [2.75, 3.05) is 25.6 Å². The third-order valence-corrected chi connectivity index (χ3v) is 3.12. The van der Waals surface area contributed by atoms with Crippen LogP contribution in [0, 0.1) is 0 Å². The Balaban J connectivity index is 2.18. The zero-order chi connectivity index (χ0) is 13.8. The molecule has 0 amide bonds. The number of hydrogen-bond acceptors (Lipinski definition) is 4. The lowest BCUT2D eigenvalue weighted by Gasteiger charge is -2.13. The van der Waals surface area contributed by atoms with Crippen molar-refractivity contribution in [2.24, 2.45) is 0 Å². The Morgan fingerprint density at radius 2 is 1.84 bits per heavy atom. The molecular formula is C14H14ClNO3. The summed E-state index contributed by atoms with van der Waals surface area (Å²) in [6.07, 6.45) is 0.773. The van der Waals surface area contributed by atoms with Crippen molar-refractivity contribution in [3.05, 3.63) is 49.7 Å². The van der Waals surface area contributed by atoms with Crippen molar-refractivity contribution < 1.29 is 4.74 Å².